The summed E-state index contributed by atoms with van der Waals surface area (Å²) in [5.74, 6) is -2.94. The Morgan fingerprint density at radius 2 is 1.48 bits per heavy atom. The number of hydrogen-bond acceptors (Lipinski definition) is 2. The molecule has 0 fully saturated rings. The molecule has 0 amide bonds. The first kappa shape index (κ1) is 15.6. The maximum absolute atomic E-state index is 14.3. The summed E-state index contributed by atoms with van der Waals surface area (Å²) >= 11 is 0. The van der Waals surface area contributed by atoms with Crippen LogP contribution in [0.1, 0.15) is 11.1 Å². The van der Waals surface area contributed by atoms with E-state index in [0.29, 0.717) is 6.54 Å². The summed E-state index contributed by atoms with van der Waals surface area (Å²) in [5.41, 5.74) is 0.954. The molecule has 0 saturated carbocycles. The van der Waals surface area contributed by atoms with Gasteiger partial charge in [0.2, 0.25) is 0 Å². The number of benzene rings is 2. The minimum absolute atomic E-state index is 0.000927. The zero-order chi connectivity index (χ0) is 15.1. The molecule has 2 nitrogen and oxygen atoms in total. The molecule has 21 heavy (non-hydrogen) atoms. The second-order valence-electron chi connectivity index (χ2n) is 4.99. The van der Waals surface area contributed by atoms with Crippen molar-refractivity contribution in [2.45, 2.75) is 12.5 Å². The van der Waals surface area contributed by atoms with Crippen LogP contribution in [0, 0.1) is 0 Å². The smallest absolute Gasteiger partial charge is 0.285 e. The fraction of sp³-hybridized carbons (Fsp3) is 0.294. The molecule has 2 aromatic rings. The Kier molecular flexibility index (Phi) is 5.42. The van der Waals surface area contributed by atoms with E-state index in [2.05, 4.69) is 0 Å². The summed E-state index contributed by atoms with van der Waals surface area (Å²) in [6.07, 6.45) is 0. The van der Waals surface area contributed by atoms with E-state index in [9.17, 15) is 8.78 Å². The third-order valence-corrected chi connectivity index (χ3v) is 3.28. The summed E-state index contributed by atoms with van der Waals surface area (Å²) in [6.45, 7) is 0.0608. The van der Waals surface area contributed by atoms with Crippen LogP contribution in [0.3, 0.4) is 0 Å². The van der Waals surface area contributed by atoms with Crippen LogP contribution in [0.2, 0.25) is 0 Å². The van der Waals surface area contributed by atoms with Gasteiger partial charge in [0.05, 0.1) is 13.2 Å². The van der Waals surface area contributed by atoms with Crippen molar-refractivity contribution in [2.24, 2.45) is 0 Å². The van der Waals surface area contributed by atoms with Crippen molar-refractivity contribution < 1.29 is 13.9 Å². The van der Waals surface area contributed by atoms with Crippen molar-refractivity contribution in [2.75, 3.05) is 19.7 Å². The van der Waals surface area contributed by atoms with E-state index in [1.807, 2.05) is 30.3 Å². The van der Waals surface area contributed by atoms with Crippen LogP contribution >= 0.6 is 0 Å². The summed E-state index contributed by atoms with van der Waals surface area (Å²) in [7, 11) is 0. The highest BCUT2D eigenvalue weighted by atomic mass is 19.3. The third-order valence-electron chi connectivity index (χ3n) is 3.28. The number of nitrogens with zero attached hydrogens (tertiary/aromatic N) is 1. The Bertz CT molecular complexity index is 531. The van der Waals surface area contributed by atoms with E-state index in [0.717, 1.165) is 5.56 Å². The van der Waals surface area contributed by atoms with Crippen molar-refractivity contribution in [3.8, 4) is 0 Å². The fourth-order valence-electron chi connectivity index (χ4n) is 2.25. The quantitative estimate of drug-likeness (QED) is 0.846. The average Bonchev–Trinajstić information content (AvgIpc) is 2.49. The molecule has 0 heterocycles. The van der Waals surface area contributed by atoms with E-state index in [1.165, 1.54) is 12.1 Å². The first-order valence-electron chi connectivity index (χ1n) is 6.92. The molecule has 0 aliphatic carbocycles. The third kappa shape index (κ3) is 4.62. The molecule has 0 atom stereocenters. The molecule has 2 aromatic carbocycles. The van der Waals surface area contributed by atoms with Gasteiger partial charge in [0.25, 0.3) is 5.92 Å². The van der Waals surface area contributed by atoms with Gasteiger partial charge in [-0.2, -0.15) is 8.78 Å². The Balaban J connectivity index is 2.08. The first-order valence-corrected chi connectivity index (χ1v) is 6.92. The molecule has 1 N–H and O–H groups in total. The van der Waals surface area contributed by atoms with Crippen molar-refractivity contribution in [3.63, 3.8) is 0 Å². The van der Waals surface area contributed by atoms with Gasteiger partial charge in [-0.15, -0.1) is 0 Å². The molecule has 0 saturated heterocycles. The van der Waals surface area contributed by atoms with Gasteiger partial charge in [-0.3, -0.25) is 4.90 Å². The molecule has 2 rings (SSSR count). The van der Waals surface area contributed by atoms with Gasteiger partial charge >= 0.3 is 0 Å². The van der Waals surface area contributed by atoms with Gasteiger partial charge in [-0.1, -0.05) is 60.7 Å². The Morgan fingerprint density at radius 1 is 0.905 bits per heavy atom. The van der Waals surface area contributed by atoms with Gasteiger partial charge in [0, 0.05) is 18.7 Å². The van der Waals surface area contributed by atoms with Crippen LogP contribution in [0.15, 0.2) is 60.7 Å². The molecule has 0 aliphatic heterocycles. The Labute approximate surface area is 123 Å². The highest BCUT2D eigenvalue weighted by molar-refractivity contribution is 5.20. The summed E-state index contributed by atoms with van der Waals surface area (Å²) < 4.78 is 28.6. The molecule has 0 bridgehead atoms. The first-order chi connectivity index (χ1) is 10.1. The molecular weight excluding hydrogens is 272 g/mol. The number of halogens is 2. The van der Waals surface area contributed by atoms with Crippen molar-refractivity contribution in [1.82, 2.24) is 4.90 Å². The molecule has 0 spiro atoms. The maximum Gasteiger partial charge on any atom is 0.285 e. The van der Waals surface area contributed by atoms with Crippen LogP contribution in [0.25, 0.3) is 0 Å². The van der Waals surface area contributed by atoms with Crippen molar-refractivity contribution in [3.05, 3.63) is 71.8 Å². The molecular formula is C17H19F2NO. The summed E-state index contributed by atoms with van der Waals surface area (Å²) in [4.78, 5) is 1.57. The van der Waals surface area contributed by atoms with E-state index in [4.69, 9.17) is 5.11 Å². The lowest BCUT2D eigenvalue weighted by molar-refractivity contribution is -0.0425. The number of alkyl halides is 2. The van der Waals surface area contributed by atoms with Gasteiger partial charge in [0.15, 0.2) is 0 Å². The average molecular weight is 291 g/mol. The molecule has 0 unspecified atom stereocenters. The molecule has 0 aromatic heterocycles. The summed E-state index contributed by atoms with van der Waals surface area (Å²) in [5, 5.41) is 9.10. The predicted molar refractivity (Wildman–Crippen MR) is 79.1 cm³/mol. The zero-order valence-electron chi connectivity index (χ0n) is 11.8. The normalized spacial score (nSPS) is 11.8. The lowest BCUT2D eigenvalue weighted by Gasteiger charge is -2.27. The van der Waals surface area contributed by atoms with Gasteiger partial charge in [0.1, 0.15) is 0 Å². The monoisotopic (exact) mass is 291 g/mol. The SMILES string of the molecule is OCCN(Cc1ccccc1)CC(F)(F)c1ccccc1. The van der Waals surface area contributed by atoms with Crippen LogP contribution < -0.4 is 0 Å². The lowest BCUT2D eigenvalue weighted by atomic mass is 10.1. The number of rotatable bonds is 7. The van der Waals surface area contributed by atoms with Gasteiger partial charge < -0.3 is 5.11 Å². The fourth-order valence-corrected chi connectivity index (χ4v) is 2.25. The Morgan fingerprint density at radius 3 is 2.05 bits per heavy atom. The largest absolute Gasteiger partial charge is 0.395 e. The van der Waals surface area contributed by atoms with Crippen LogP contribution in [0.5, 0.6) is 0 Å². The highest BCUT2D eigenvalue weighted by Gasteiger charge is 2.33. The minimum Gasteiger partial charge on any atom is -0.395 e. The van der Waals surface area contributed by atoms with Crippen LogP contribution in [-0.4, -0.2) is 29.7 Å². The minimum atomic E-state index is -2.94. The number of aliphatic hydroxyl groups is 1. The predicted octanol–water partition coefficient (Wildman–Crippen LogP) is 3.27. The topological polar surface area (TPSA) is 23.5 Å². The second kappa shape index (κ2) is 7.29. The summed E-state index contributed by atoms with van der Waals surface area (Å²) in [6, 6.07) is 17.2. The van der Waals surface area contributed by atoms with E-state index < -0.39 is 12.5 Å². The molecule has 112 valence electrons. The van der Waals surface area contributed by atoms with Crippen molar-refractivity contribution in [1.29, 1.82) is 0 Å². The standard InChI is InChI=1S/C17H19F2NO/c18-17(19,16-9-5-2-6-10-16)14-20(11-12-21)13-15-7-3-1-4-8-15/h1-10,21H,11-14H2. The maximum atomic E-state index is 14.3. The molecule has 0 radical (unpaired) electrons. The van der Waals surface area contributed by atoms with E-state index in [1.54, 1.807) is 23.1 Å². The molecule has 4 heteroatoms. The van der Waals surface area contributed by atoms with E-state index >= 15 is 0 Å². The van der Waals surface area contributed by atoms with Gasteiger partial charge in [-0.25, -0.2) is 0 Å². The Hall–Kier alpha value is -1.78. The lowest BCUT2D eigenvalue weighted by Crippen LogP contribution is -2.36. The number of hydrogen-bond donors (Lipinski definition) is 1. The van der Waals surface area contributed by atoms with E-state index in [-0.39, 0.29) is 18.7 Å². The zero-order valence-corrected chi connectivity index (χ0v) is 11.8. The van der Waals surface area contributed by atoms with Crippen molar-refractivity contribution >= 4 is 0 Å². The molecule has 0 aliphatic rings. The highest BCUT2D eigenvalue weighted by Crippen LogP contribution is 2.29. The second-order valence-corrected chi connectivity index (χ2v) is 4.99. The van der Waals surface area contributed by atoms with Crippen LogP contribution in [-0.2, 0) is 12.5 Å². The van der Waals surface area contributed by atoms with Gasteiger partial charge in [-0.05, 0) is 5.56 Å². The van der Waals surface area contributed by atoms with Crippen LogP contribution in [0.4, 0.5) is 8.78 Å². The number of aliphatic hydroxyl groups excluding tert-OH is 1.